The van der Waals surface area contributed by atoms with Gasteiger partial charge in [0, 0.05) is 31.2 Å². The Morgan fingerprint density at radius 3 is 2.96 bits per heavy atom. The SMILES string of the molecule is COCC(=O)N1Cc2cccn2CC(OCc2cccc(C)n2)C1. The van der Waals surface area contributed by atoms with E-state index < -0.39 is 0 Å². The molecule has 3 rings (SSSR count). The monoisotopic (exact) mass is 329 g/mol. The molecule has 1 atom stereocenters. The fourth-order valence-electron chi connectivity index (χ4n) is 2.95. The van der Waals surface area contributed by atoms with Gasteiger partial charge < -0.3 is 18.9 Å². The molecule has 0 aliphatic carbocycles. The second kappa shape index (κ2) is 7.59. The van der Waals surface area contributed by atoms with E-state index in [-0.39, 0.29) is 18.6 Å². The number of rotatable bonds is 5. The number of aryl methyl sites for hydroxylation is 1. The lowest BCUT2D eigenvalue weighted by molar-refractivity contribution is -0.137. The van der Waals surface area contributed by atoms with Gasteiger partial charge in [-0.2, -0.15) is 0 Å². The maximum absolute atomic E-state index is 12.3. The summed E-state index contributed by atoms with van der Waals surface area (Å²) in [7, 11) is 1.54. The van der Waals surface area contributed by atoms with Crippen molar-refractivity contribution in [1.82, 2.24) is 14.5 Å². The molecule has 0 N–H and O–H groups in total. The van der Waals surface area contributed by atoms with E-state index in [9.17, 15) is 4.79 Å². The number of carbonyl (C=O) groups is 1. The van der Waals surface area contributed by atoms with Crippen LogP contribution >= 0.6 is 0 Å². The highest BCUT2D eigenvalue weighted by atomic mass is 16.5. The molecule has 1 aliphatic heterocycles. The third kappa shape index (κ3) is 4.01. The maximum atomic E-state index is 12.3. The molecule has 1 unspecified atom stereocenters. The zero-order valence-corrected chi connectivity index (χ0v) is 14.1. The van der Waals surface area contributed by atoms with E-state index in [2.05, 4.69) is 9.55 Å². The van der Waals surface area contributed by atoms with E-state index in [4.69, 9.17) is 9.47 Å². The van der Waals surface area contributed by atoms with E-state index in [1.807, 2.05) is 43.5 Å². The summed E-state index contributed by atoms with van der Waals surface area (Å²) in [5.41, 5.74) is 2.99. The molecule has 6 heteroatoms. The Morgan fingerprint density at radius 2 is 2.17 bits per heavy atom. The summed E-state index contributed by atoms with van der Waals surface area (Å²) >= 11 is 0. The van der Waals surface area contributed by atoms with Crippen LogP contribution in [0.25, 0.3) is 0 Å². The van der Waals surface area contributed by atoms with Gasteiger partial charge in [-0.05, 0) is 31.2 Å². The minimum atomic E-state index is -0.0817. The van der Waals surface area contributed by atoms with Crippen LogP contribution in [0.15, 0.2) is 36.5 Å². The van der Waals surface area contributed by atoms with Crippen LogP contribution < -0.4 is 0 Å². The average molecular weight is 329 g/mol. The number of pyridine rings is 1. The minimum absolute atomic E-state index is 0.0190. The lowest BCUT2D eigenvalue weighted by atomic mass is 10.3. The zero-order valence-electron chi connectivity index (χ0n) is 14.1. The Labute approximate surface area is 142 Å². The first-order chi connectivity index (χ1) is 11.7. The predicted molar refractivity (Wildman–Crippen MR) is 89.3 cm³/mol. The molecule has 0 aromatic carbocycles. The number of amides is 1. The molecule has 128 valence electrons. The van der Waals surface area contributed by atoms with Gasteiger partial charge >= 0.3 is 0 Å². The zero-order chi connectivity index (χ0) is 16.9. The first-order valence-corrected chi connectivity index (χ1v) is 8.10. The molecule has 0 fully saturated rings. The van der Waals surface area contributed by atoms with Gasteiger partial charge in [0.1, 0.15) is 6.61 Å². The minimum Gasteiger partial charge on any atom is -0.375 e. The highest BCUT2D eigenvalue weighted by Gasteiger charge is 2.25. The Balaban J connectivity index is 1.70. The molecule has 1 aliphatic rings. The molecule has 3 heterocycles. The number of methoxy groups -OCH3 is 1. The predicted octanol–water partition coefficient (Wildman–Crippen LogP) is 1.77. The summed E-state index contributed by atoms with van der Waals surface area (Å²) in [4.78, 5) is 18.5. The summed E-state index contributed by atoms with van der Waals surface area (Å²) < 4.78 is 13.2. The molecule has 0 saturated carbocycles. The van der Waals surface area contributed by atoms with Gasteiger partial charge in [-0.1, -0.05) is 6.07 Å². The van der Waals surface area contributed by atoms with Crippen LogP contribution in [0.4, 0.5) is 0 Å². The van der Waals surface area contributed by atoms with Gasteiger partial charge in [-0.25, -0.2) is 0 Å². The largest absolute Gasteiger partial charge is 0.375 e. The van der Waals surface area contributed by atoms with Crippen molar-refractivity contribution in [1.29, 1.82) is 0 Å². The fourth-order valence-corrected chi connectivity index (χ4v) is 2.95. The number of carbonyl (C=O) groups excluding carboxylic acids is 1. The molecule has 0 bridgehead atoms. The van der Waals surface area contributed by atoms with Gasteiger partial charge in [0.05, 0.1) is 31.5 Å². The molecule has 0 saturated heterocycles. The topological polar surface area (TPSA) is 56.6 Å². The third-order valence-electron chi connectivity index (χ3n) is 4.13. The summed E-state index contributed by atoms with van der Waals surface area (Å²) in [6.07, 6.45) is 1.95. The van der Waals surface area contributed by atoms with Crippen molar-refractivity contribution in [2.75, 3.05) is 20.3 Å². The first kappa shape index (κ1) is 16.7. The smallest absolute Gasteiger partial charge is 0.248 e. The van der Waals surface area contributed by atoms with E-state index in [0.717, 1.165) is 23.6 Å². The lowest BCUT2D eigenvalue weighted by Gasteiger charge is -2.24. The average Bonchev–Trinajstić information content (AvgIpc) is 2.91. The van der Waals surface area contributed by atoms with Gasteiger partial charge in [-0.3, -0.25) is 9.78 Å². The molecular formula is C18H23N3O3. The van der Waals surface area contributed by atoms with Crippen LogP contribution in [0.3, 0.4) is 0 Å². The maximum Gasteiger partial charge on any atom is 0.248 e. The third-order valence-corrected chi connectivity index (χ3v) is 4.13. The van der Waals surface area contributed by atoms with Gasteiger partial charge in [0.2, 0.25) is 5.91 Å². The summed E-state index contributed by atoms with van der Waals surface area (Å²) in [6.45, 7) is 4.35. The number of fused-ring (bicyclic) bond motifs is 1. The van der Waals surface area contributed by atoms with Crippen molar-refractivity contribution in [3.05, 3.63) is 53.6 Å². The van der Waals surface area contributed by atoms with Crippen molar-refractivity contribution >= 4 is 5.91 Å². The molecule has 24 heavy (non-hydrogen) atoms. The van der Waals surface area contributed by atoms with Gasteiger partial charge in [0.25, 0.3) is 0 Å². The molecule has 0 spiro atoms. The number of hydrogen-bond donors (Lipinski definition) is 0. The Morgan fingerprint density at radius 1 is 1.29 bits per heavy atom. The second-order valence-electron chi connectivity index (χ2n) is 6.06. The molecular weight excluding hydrogens is 306 g/mol. The first-order valence-electron chi connectivity index (χ1n) is 8.10. The molecule has 2 aromatic heterocycles. The van der Waals surface area contributed by atoms with Crippen molar-refractivity contribution in [2.45, 2.75) is 32.7 Å². The second-order valence-corrected chi connectivity index (χ2v) is 6.06. The van der Waals surface area contributed by atoms with Crippen molar-refractivity contribution < 1.29 is 14.3 Å². The van der Waals surface area contributed by atoms with E-state index in [1.165, 1.54) is 7.11 Å². The van der Waals surface area contributed by atoms with Crippen LogP contribution in [0.2, 0.25) is 0 Å². The van der Waals surface area contributed by atoms with Crippen molar-refractivity contribution in [3.63, 3.8) is 0 Å². The molecule has 6 nitrogen and oxygen atoms in total. The molecule has 2 aromatic rings. The van der Waals surface area contributed by atoms with Gasteiger partial charge in [0.15, 0.2) is 0 Å². The van der Waals surface area contributed by atoms with Crippen LogP contribution in [0.1, 0.15) is 17.1 Å². The summed E-state index contributed by atoms with van der Waals surface area (Å²) in [5.74, 6) is -0.0190. The number of aromatic nitrogens is 2. The molecule has 0 radical (unpaired) electrons. The van der Waals surface area contributed by atoms with Gasteiger partial charge in [-0.15, -0.1) is 0 Å². The highest BCUT2D eigenvalue weighted by Crippen LogP contribution is 2.16. The van der Waals surface area contributed by atoms with Crippen LogP contribution in [-0.2, 0) is 34.0 Å². The Hall–Kier alpha value is -2.18. The Bertz CT molecular complexity index is 698. The van der Waals surface area contributed by atoms with Crippen LogP contribution in [0, 0.1) is 6.92 Å². The fraction of sp³-hybridized carbons (Fsp3) is 0.444. The molecule has 1 amide bonds. The van der Waals surface area contributed by atoms with Crippen molar-refractivity contribution in [2.24, 2.45) is 0 Å². The normalized spacial score (nSPS) is 17.4. The quantitative estimate of drug-likeness (QED) is 0.839. The van der Waals surface area contributed by atoms with Crippen molar-refractivity contribution in [3.8, 4) is 0 Å². The Kier molecular flexibility index (Phi) is 5.27. The van der Waals surface area contributed by atoms with E-state index in [0.29, 0.717) is 19.7 Å². The van der Waals surface area contributed by atoms with Crippen LogP contribution in [-0.4, -0.2) is 46.7 Å². The van der Waals surface area contributed by atoms with E-state index in [1.54, 1.807) is 4.90 Å². The standard InChI is InChI=1S/C18H23N3O3/c1-14-5-3-6-15(19-14)12-24-17-10-20-8-4-7-16(20)9-21(11-17)18(22)13-23-2/h3-8,17H,9-13H2,1-2H3. The summed E-state index contributed by atoms with van der Waals surface area (Å²) in [5, 5.41) is 0. The summed E-state index contributed by atoms with van der Waals surface area (Å²) in [6, 6.07) is 9.94. The van der Waals surface area contributed by atoms with Crippen LogP contribution in [0.5, 0.6) is 0 Å². The number of nitrogens with zero attached hydrogens (tertiary/aromatic N) is 3. The van der Waals surface area contributed by atoms with E-state index >= 15 is 0 Å². The number of hydrogen-bond acceptors (Lipinski definition) is 4. The number of ether oxygens (including phenoxy) is 2. The highest BCUT2D eigenvalue weighted by molar-refractivity contribution is 5.77. The lowest BCUT2D eigenvalue weighted by Crippen LogP contribution is -2.39.